The van der Waals surface area contributed by atoms with Gasteiger partial charge in [-0.05, 0) is 114 Å². The maximum absolute atomic E-state index is 12.3. The fourth-order valence-electron chi connectivity index (χ4n) is 7.26. The highest BCUT2D eigenvalue weighted by Crippen LogP contribution is 2.42. The summed E-state index contributed by atoms with van der Waals surface area (Å²) in [5.41, 5.74) is 2.75. The average Bonchev–Trinajstić information content (AvgIpc) is 3.29. The SMILES string of the molecule is O=S(=O)(O)c1ccc2c(N=Nc3ccc(N=Nc4ccc5cccc(S(=O)(=O)O)c5c4)c4ccc(S(=O)(=O)O)cc34)ccc(N=Nc3ccc4cc(Nc5ccccc5)ccc4c3O)c2c1. The zero-order valence-electron chi connectivity index (χ0n) is 33.7. The molecule has 0 aliphatic heterocycles. The molecule has 0 fully saturated rings. The Kier molecular flexibility index (Phi) is 11.1. The minimum atomic E-state index is -4.69. The molecule has 0 saturated carbocycles. The van der Waals surface area contributed by atoms with Gasteiger partial charge in [-0.1, -0.05) is 54.6 Å². The summed E-state index contributed by atoms with van der Waals surface area (Å²) in [7, 11) is -13.9. The predicted molar refractivity (Wildman–Crippen MR) is 249 cm³/mol. The predicted octanol–water partition coefficient (Wildman–Crippen LogP) is 12.7. The van der Waals surface area contributed by atoms with Crippen LogP contribution in [0, 0.1) is 0 Å². The molecule has 0 aromatic heterocycles. The van der Waals surface area contributed by atoms with Crippen LogP contribution < -0.4 is 5.32 Å². The summed E-state index contributed by atoms with van der Waals surface area (Å²) in [5.74, 6) is -0.143. The van der Waals surface area contributed by atoms with Crippen LogP contribution in [0.15, 0.2) is 203 Å². The van der Waals surface area contributed by atoms with Crippen molar-refractivity contribution in [3.8, 4) is 5.75 Å². The molecule has 0 radical (unpaired) electrons. The molecule has 0 unspecified atom stereocenters. The number of azo groups is 3. The second kappa shape index (κ2) is 16.9. The van der Waals surface area contributed by atoms with E-state index in [2.05, 4.69) is 36.0 Å². The van der Waals surface area contributed by atoms with E-state index in [0.717, 1.165) is 22.8 Å². The summed E-state index contributed by atoms with van der Waals surface area (Å²) < 4.78 is 103. The molecule has 0 aliphatic carbocycles. The zero-order valence-corrected chi connectivity index (χ0v) is 36.1. The number of phenolic OH excluding ortho intramolecular Hbond substituents is 1. The van der Waals surface area contributed by atoms with Gasteiger partial charge in [-0.2, -0.15) is 30.4 Å². The smallest absolute Gasteiger partial charge is 0.295 e. The molecular formula is C46H31N7O10S3. The summed E-state index contributed by atoms with van der Waals surface area (Å²) >= 11 is 0. The molecule has 328 valence electrons. The van der Waals surface area contributed by atoms with Gasteiger partial charge < -0.3 is 10.4 Å². The van der Waals surface area contributed by atoms with Gasteiger partial charge >= 0.3 is 0 Å². The van der Waals surface area contributed by atoms with Crippen LogP contribution >= 0.6 is 0 Å². The lowest BCUT2D eigenvalue weighted by Crippen LogP contribution is -1.98. The highest BCUT2D eigenvalue weighted by molar-refractivity contribution is 7.86. The first-order valence-electron chi connectivity index (χ1n) is 19.4. The second-order valence-electron chi connectivity index (χ2n) is 14.7. The Morgan fingerprint density at radius 1 is 0.364 bits per heavy atom. The average molecular weight is 938 g/mol. The molecule has 9 rings (SSSR count). The van der Waals surface area contributed by atoms with E-state index in [9.17, 15) is 44.0 Å². The standard InChI is InChI=1S/C46H31N7O10S3/c54-46-34-15-12-30(47-29-6-2-1-3-7-29)23-28(34)10-18-44(46)53-52-43-22-20-41(36-17-14-33(26-39(36)43)65(58,59)60)50-51-42-21-19-40(35-16-13-32(25-38(35)42)64(55,56)57)49-48-31-11-9-27-5-4-8-45(37(27)24-31)66(61,62)63/h1-26,47,54H,(H,55,56,57)(H,58,59,60)(H,61,62,63). The fourth-order valence-corrected chi connectivity index (χ4v) is 8.98. The van der Waals surface area contributed by atoms with Crippen LogP contribution in [0.25, 0.3) is 43.1 Å². The quantitative estimate of drug-likeness (QED) is 0.0601. The van der Waals surface area contributed by atoms with Crippen molar-refractivity contribution in [3.05, 3.63) is 158 Å². The summed E-state index contributed by atoms with van der Waals surface area (Å²) in [6.45, 7) is 0. The number of rotatable bonds is 11. The van der Waals surface area contributed by atoms with Gasteiger partial charge in [-0.15, -0.1) is 25.6 Å². The number of hydrogen-bond acceptors (Lipinski definition) is 14. The number of nitrogens with one attached hydrogen (secondary N) is 1. The third kappa shape index (κ3) is 8.95. The molecule has 0 saturated heterocycles. The van der Waals surface area contributed by atoms with Gasteiger partial charge in [0.05, 0.1) is 38.2 Å². The Hall–Kier alpha value is -7.85. The van der Waals surface area contributed by atoms with E-state index in [0.29, 0.717) is 21.5 Å². The third-order valence-corrected chi connectivity index (χ3v) is 13.0. The Morgan fingerprint density at radius 3 is 1.45 bits per heavy atom. The van der Waals surface area contributed by atoms with Gasteiger partial charge in [-0.3, -0.25) is 13.7 Å². The highest BCUT2D eigenvalue weighted by atomic mass is 32.2. The third-order valence-electron chi connectivity index (χ3n) is 10.4. The number of phenols is 1. The van der Waals surface area contributed by atoms with E-state index >= 15 is 0 Å². The van der Waals surface area contributed by atoms with E-state index < -0.39 is 40.1 Å². The van der Waals surface area contributed by atoms with E-state index in [1.165, 1.54) is 72.8 Å². The molecule has 0 atom stereocenters. The van der Waals surface area contributed by atoms with Crippen LogP contribution in [0.3, 0.4) is 0 Å². The highest BCUT2D eigenvalue weighted by Gasteiger charge is 2.18. The first-order valence-corrected chi connectivity index (χ1v) is 23.7. The zero-order chi connectivity index (χ0) is 46.4. The lowest BCUT2D eigenvalue weighted by atomic mass is 10.1. The number of hydrogen-bond donors (Lipinski definition) is 5. The van der Waals surface area contributed by atoms with E-state index in [1.54, 1.807) is 36.4 Å². The van der Waals surface area contributed by atoms with Crippen molar-refractivity contribution in [2.24, 2.45) is 30.7 Å². The number of anilines is 2. The molecule has 0 amide bonds. The monoisotopic (exact) mass is 937 g/mol. The Morgan fingerprint density at radius 2 is 0.879 bits per heavy atom. The van der Waals surface area contributed by atoms with Crippen LogP contribution in [0.4, 0.5) is 45.5 Å². The van der Waals surface area contributed by atoms with E-state index in [-0.39, 0.29) is 60.9 Å². The molecule has 17 nitrogen and oxygen atoms in total. The molecule has 0 bridgehead atoms. The molecule has 20 heteroatoms. The van der Waals surface area contributed by atoms with Gasteiger partial charge in [-0.25, -0.2) is 0 Å². The van der Waals surface area contributed by atoms with Crippen molar-refractivity contribution in [3.63, 3.8) is 0 Å². The number of benzene rings is 9. The Balaban J connectivity index is 1.07. The maximum Gasteiger partial charge on any atom is 0.295 e. The molecule has 0 heterocycles. The minimum absolute atomic E-state index is 0.122. The van der Waals surface area contributed by atoms with Crippen molar-refractivity contribution < 1.29 is 44.0 Å². The van der Waals surface area contributed by atoms with Crippen molar-refractivity contribution in [1.82, 2.24) is 0 Å². The van der Waals surface area contributed by atoms with Crippen molar-refractivity contribution in [2.75, 3.05) is 5.32 Å². The summed E-state index contributed by atoms with van der Waals surface area (Å²) in [6.07, 6.45) is 0. The van der Waals surface area contributed by atoms with E-state index in [1.807, 2.05) is 42.5 Å². The maximum atomic E-state index is 12.3. The summed E-state index contributed by atoms with van der Waals surface area (Å²) in [6, 6.07) is 40.9. The molecule has 5 N–H and O–H groups in total. The Bertz CT molecular complexity index is 3910. The van der Waals surface area contributed by atoms with Crippen molar-refractivity contribution in [2.45, 2.75) is 14.7 Å². The molecule has 0 spiro atoms. The first-order chi connectivity index (χ1) is 31.5. The van der Waals surface area contributed by atoms with Gasteiger partial charge in [0.15, 0.2) is 5.75 Å². The largest absolute Gasteiger partial charge is 0.505 e. The van der Waals surface area contributed by atoms with Gasteiger partial charge in [0, 0.05) is 43.7 Å². The summed E-state index contributed by atoms with van der Waals surface area (Å²) in [5, 5.41) is 43.6. The number of nitrogens with zero attached hydrogens (tertiary/aromatic N) is 6. The fraction of sp³-hybridized carbons (Fsp3) is 0. The van der Waals surface area contributed by atoms with Crippen LogP contribution in [0.2, 0.25) is 0 Å². The van der Waals surface area contributed by atoms with Gasteiger partial charge in [0.2, 0.25) is 0 Å². The van der Waals surface area contributed by atoms with Crippen LogP contribution in [-0.4, -0.2) is 44.0 Å². The number of aromatic hydroxyl groups is 1. The minimum Gasteiger partial charge on any atom is -0.505 e. The van der Waals surface area contributed by atoms with Gasteiger partial charge in [0.25, 0.3) is 30.4 Å². The molecular weight excluding hydrogens is 907 g/mol. The molecule has 9 aromatic carbocycles. The second-order valence-corrected chi connectivity index (χ2v) is 18.9. The van der Waals surface area contributed by atoms with Gasteiger partial charge in [0.1, 0.15) is 10.6 Å². The number of para-hydroxylation sites is 1. The topological polar surface area (TPSA) is 270 Å². The molecule has 0 aliphatic rings. The van der Waals surface area contributed by atoms with Crippen molar-refractivity contribution >= 4 is 119 Å². The van der Waals surface area contributed by atoms with Crippen LogP contribution in [-0.2, 0) is 30.4 Å². The van der Waals surface area contributed by atoms with Crippen LogP contribution in [0.5, 0.6) is 5.75 Å². The van der Waals surface area contributed by atoms with Crippen molar-refractivity contribution in [1.29, 1.82) is 0 Å². The normalized spacial score (nSPS) is 12.7. The Labute approximate surface area is 375 Å². The van der Waals surface area contributed by atoms with Crippen LogP contribution in [0.1, 0.15) is 0 Å². The van der Waals surface area contributed by atoms with E-state index in [4.69, 9.17) is 0 Å². The molecule has 66 heavy (non-hydrogen) atoms. The first kappa shape index (κ1) is 43.4. The lowest BCUT2D eigenvalue weighted by Gasteiger charge is -2.09. The number of fused-ring (bicyclic) bond motifs is 4. The lowest BCUT2D eigenvalue weighted by molar-refractivity contribution is 0.481. The molecule has 9 aromatic rings. The summed E-state index contributed by atoms with van der Waals surface area (Å²) in [4.78, 5) is -1.20.